The Kier molecular flexibility index (Phi) is 9.07. The molecule has 3 rings (SSSR count). The number of hydrogen-bond acceptors (Lipinski definition) is 7. The summed E-state index contributed by atoms with van der Waals surface area (Å²) in [7, 11) is 0. The first-order valence-corrected chi connectivity index (χ1v) is 12.4. The highest BCUT2D eigenvalue weighted by molar-refractivity contribution is 8.00. The number of primary amides is 1. The molecule has 35 heavy (non-hydrogen) atoms. The van der Waals surface area contributed by atoms with Gasteiger partial charge in [0.1, 0.15) is 22.2 Å². The van der Waals surface area contributed by atoms with E-state index in [-0.39, 0.29) is 18.4 Å². The minimum atomic E-state index is -0.729. The van der Waals surface area contributed by atoms with E-state index in [1.165, 1.54) is 0 Å². The number of carbonyl (C=O) groups excluding carboxylic acids is 2. The average Bonchev–Trinajstić information content (AvgIpc) is 2.89. The minimum absolute atomic E-state index is 0.0572. The number of nitriles is 1. The molecule has 2 atom stereocenters. The molecule has 0 aliphatic carbocycles. The van der Waals surface area contributed by atoms with Gasteiger partial charge in [-0.1, -0.05) is 49.0 Å². The van der Waals surface area contributed by atoms with Crippen molar-refractivity contribution in [3.63, 3.8) is 0 Å². The van der Waals surface area contributed by atoms with Gasteiger partial charge in [-0.05, 0) is 36.3 Å². The standard InChI is InChI=1S/C25H29N7O2S/c1-3-18-19(12-26)25(35-22(23(28)34)17-9-5-4-6-10-17)31-24(21(18)29-2)32-11-7-8-16(15-32)14-30-20(33)13-27/h4-6,9-10,16,22H,3,7-8,11,13-15,27H2,1H3,(H2,28,34)(H,30,33)/t16-,22?/m0/s1. The molecule has 1 aromatic heterocycles. The Bertz CT molecular complexity index is 1160. The van der Waals surface area contributed by atoms with E-state index in [4.69, 9.17) is 23.0 Å². The zero-order valence-corrected chi connectivity index (χ0v) is 20.5. The van der Waals surface area contributed by atoms with Gasteiger partial charge in [-0.2, -0.15) is 5.26 Å². The van der Waals surface area contributed by atoms with Crippen LogP contribution < -0.4 is 21.7 Å². The average molecular weight is 492 g/mol. The number of aromatic nitrogens is 1. The molecule has 2 amide bonds. The summed E-state index contributed by atoms with van der Waals surface area (Å²) in [6, 6.07) is 11.3. The summed E-state index contributed by atoms with van der Waals surface area (Å²) in [6.45, 7) is 11.5. The second-order valence-corrected chi connectivity index (χ2v) is 9.39. The number of rotatable bonds is 9. The number of amides is 2. The number of thioether (sulfide) groups is 1. The second kappa shape index (κ2) is 12.2. The fraction of sp³-hybridized carbons (Fsp3) is 0.400. The van der Waals surface area contributed by atoms with Crippen LogP contribution in [0.5, 0.6) is 0 Å². The van der Waals surface area contributed by atoms with Crippen LogP contribution in [0.15, 0.2) is 35.4 Å². The Balaban J connectivity index is 2.02. The number of piperidine rings is 1. The number of nitrogens with two attached hydrogens (primary N) is 2. The van der Waals surface area contributed by atoms with Crippen molar-refractivity contribution in [1.82, 2.24) is 10.3 Å². The van der Waals surface area contributed by atoms with Gasteiger partial charge in [0.25, 0.3) is 0 Å². The zero-order valence-electron chi connectivity index (χ0n) is 19.7. The van der Waals surface area contributed by atoms with Gasteiger partial charge in [0.2, 0.25) is 17.5 Å². The lowest BCUT2D eigenvalue weighted by Crippen LogP contribution is -2.42. The first kappa shape index (κ1) is 26.0. The maximum atomic E-state index is 12.4. The zero-order chi connectivity index (χ0) is 25.4. The number of carbonyl (C=O) groups is 2. The lowest BCUT2D eigenvalue weighted by atomic mass is 9.97. The molecule has 1 unspecified atom stereocenters. The minimum Gasteiger partial charge on any atom is -0.368 e. The van der Waals surface area contributed by atoms with Crippen LogP contribution >= 0.6 is 11.8 Å². The fourth-order valence-corrected chi connectivity index (χ4v) is 5.31. The lowest BCUT2D eigenvalue weighted by Gasteiger charge is -2.35. The summed E-state index contributed by atoms with van der Waals surface area (Å²) >= 11 is 1.14. The maximum Gasteiger partial charge on any atom is 0.235 e. The van der Waals surface area contributed by atoms with E-state index >= 15 is 0 Å². The third-order valence-electron chi connectivity index (χ3n) is 5.98. The molecule has 0 radical (unpaired) electrons. The van der Waals surface area contributed by atoms with Crippen LogP contribution in [0.4, 0.5) is 11.5 Å². The van der Waals surface area contributed by atoms with Crippen LogP contribution in [0.25, 0.3) is 4.85 Å². The molecule has 1 aromatic carbocycles. The van der Waals surface area contributed by atoms with Gasteiger partial charge in [-0.3, -0.25) is 9.59 Å². The number of nitrogens with one attached hydrogen (secondary N) is 1. The van der Waals surface area contributed by atoms with E-state index in [0.29, 0.717) is 53.7 Å². The van der Waals surface area contributed by atoms with Crippen molar-refractivity contribution in [3.8, 4) is 6.07 Å². The van der Waals surface area contributed by atoms with Gasteiger partial charge in [-0.15, -0.1) is 0 Å². The maximum absolute atomic E-state index is 12.4. The van der Waals surface area contributed by atoms with Crippen molar-refractivity contribution in [1.29, 1.82) is 5.26 Å². The van der Waals surface area contributed by atoms with Crippen molar-refractivity contribution in [2.45, 2.75) is 36.5 Å². The predicted molar refractivity (Wildman–Crippen MR) is 136 cm³/mol. The quantitative estimate of drug-likeness (QED) is 0.361. The Hall–Kier alpha value is -3.60. The van der Waals surface area contributed by atoms with Gasteiger partial charge in [0.15, 0.2) is 0 Å². The first-order valence-electron chi connectivity index (χ1n) is 11.5. The Labute approximate surface area is 209 Å². The molecule has 0 bridgehead atoms. The molecular weight excluding hydrogens is 462 g/mol. The van der Waals surface area contributed by atoms with Crippen LogP contribution in [0.2, 0.25) is 0 Å². The third-order valence-corrected chi connectivity index (χ3v) is 7.24. The van der Waals surface area contributed by atoms with Crippen molar-refractivity contribution in [2.24, 2.45) is 17.4 Å². The van der Waals surface area contributed by atoms with Crippen molar-refractivity contribution in [3.05, 3.63) is 58.4 Å². The number of nitrogens with zero attached hydrogens (tertiary/aromatic N) is 4. The summed E-state index contributed by atoms with van der Waals surface area (Å²) in [5, 5.41) is 12.5. The Morgan fingerprint density at radius 2 is 2.14 bits per heavy atom. The number of benzene rings is 1. The van der Waals surface area contributed by atoms with Gasteiger partial charge in [-0.25, -0.2) is 9.83 Å². The van der Waals surface area contributed by atoms with E-state index in [9.17, 15) is 14.9 Å². The molecule has 2 heterocycles. The number of pyridine rings is 1. The van der Waals surface area contributed by atoms with Gasteiger partial charge in [0, 0.05) is 19.6 Å². The normalized spacial score (nSPS) is 16.1. The molecule has 1 aliphatic rings. The van der Waals surface area contributed by atoms with E-state index in [2.05, 4.69) is 16.2 Å². The molecule has 2 aromatic rings. The number of hydrogen-bond donors (Lipinski definition) is 3. The fourth-order valence-electron chi connectivity index (χ4n) is 4.25. The van der Waals surface area contributed by atoms with Crippen LogP contribution in [-0.4, -0.2) is 43.0 Å². The van der Waals surface area contributed by atoms with E-state index in [1.54, 1.807) is 0 Å². The highest BCUT2D eigenvalue weighted by Crippen LogP contribution is 2.43. The summed E-state index contributed by atoms with van der Waals surface area (Å²) in [5.74, 6) is -0.0520. The van der Waals surface area contributed by atoms with E-state index < -0.39 is 11.2 Å². The molecule has 0 spiro atoms. The van der Waals surface area contributed by atoms with Gasteiger partial charge >= 0.3 is 0 Å². The first-order chi connectivity index (χ1) is 16.9. The van der Waals surface area contributed by atoms with E-state index in [0.717, 1.165) is 30.2 Å². The van der Waals surface area contributed by atoms with Crippen LogP contribution in [0.3, 0.4) is 0 Å². The Morgan fingerprint density at radius 1 is 1.40 bits per heavy atom. The van der Waals surface area contributed by atoms with Crippen LogP contribution in [-0.2, 0) is 16.0 Å². The molecule has 5 N–H and O–H groups in total. The molecule has 182 valence electrons. The second-order valence-electron chi connectivity index (χ2n) is 8.29. The third kappa shape index (κ3) is 6.10. The van der Waals surface area contributed by atoms with Crippen LogP contribution in [0.1, 0.15) is 41.7 Å². The molecule has 1 saturated heterocycles. The highest BCUT2D eigenvalue weighted by Gasteiger charge is 2.29. The molecule has 9 nitrogen and oxygen atoms in total. The van der Waals surface area contributed by atoms with Crippen molar-refractivity contribution in [2.75, 3.05) is 31.1 Å². The largest absolute Gasteiger partial charge is 0.368 e. The Morgan fingerprint density at radius 3 is 2.74 bits per heavy atom. The molecule has 1 fully saturated rings. The summed E-state index contributed by atoms with van der Waals surface area (Å²) in [5.41, 5.74) is 13.1. The van der Waals surface area contributed by atoms with Crippen molar-refractivity contribution >= 4 is 35.1 Å². The lowest BCUT2D eigenvalue weighted by molar-refractivity contribution is -0.120. The predicted octanol–water partition coefficient (Wildman–Crippen LogP) is 2.68. The summed E-state index contributed by atoms with van der Waals surface area (Å²) < 4.78 is 0. The summed E-state index contributed by atoms with van der Waals surface area (Å²) in [6.07, 6.45) is 2.28. The van der Waals surface area contributed by atoms with Crippen molar-refractivity contribution < 1.29 is 9.59 Å². The highest BCUT2D eigenvalue weighted by atomic mass is 32.2. The van der Waals surface area contributed by atoms with Gasteiger partial charge in [0.05, 0.1) is 18.7 Å². The van der Waals surface area contributed by atoms with Gasteiger partial charge < -0.3 is 21.7 Å². The molecule has 10 heteroatoms. The monoisotopic (exact) mass is 491 g/mol. The molecular formula is C25H29N7O2S. The molecule has 1 aliphatic heterocycles. The topological polar surface area (TPSA) is 142 Å². The summed E-state index contributed by atoms with van der Waals surface area (Å²) in [4.78, 5) is 34.5. The van der Waals surface area contributed by atoms with Crippen LogP contribution in [0, 0.1) is 23.8 Å². The smallest absolute Gasteiger partial charge is 0.235 e. The van der Waals surface area contributed by atoms with E-state index in [1.807, 2.05) is 42.2 Å². The SMILES string of the molecule is [C-]#[N+]c1c(N2CCC[C@@H](CNC(=O)CN)C2)nc(SC(C(N)=O)c2ccccc2)c(C#N)c1CC. The number of anilines is 1. The molecule has 0 saturated carbocycles.